The Bertz CT molecular complexity index is 1000. The largest absolute Gasteiger partial charge is 0.385 e. The number of hydrazine groups is 1. The Balaban J connectivity index is 1.67. The summed E-state index contributed by atoms with van der Waals surface area (Å²) in [5.41, 5.74) is 10.4. The second-order valence-corrected chi connectivity index (χ2v) is 6.74. The van der Waals surface area contributed by atoms with Crippen molar-refractivity contribution < 1.29 is 9.84 Å². The highest BCUT2D eigenvalue weighted by Gasteiger charge is 2.19. The fourth-order valence-electron chi connectivity index (χ4n) is 3.23. The summed E-state index contributed by atoms with van der Waals surface area (Å²) in [6.07, 6.45) is 0.893. The van der Waals surface area contributed by atoms with Crippen molar-refractivity contribution in [3.63, 3.8) is 0 Å². The summed E-state index contributed by atoms with van der Waals surface area (Å²) in [6, 6.07) is 17.2. The second-order valence-electron chi connectivity index (χ2n) is 6.74. The third-order valence-corrected chi connectivity index (χ3v) is 4.68. The minimum absolute atomic E-state index is 0.574. The van der Waals surface area contributed by atoms with Crippen molar-refractivity contribution in [1.29, 1.82) is 0 Å². The molecule has 2 heterocycles. The van der Waals surface area contributed by atoms with Crippen LogP contribution < -0.4 is 16.2 Å². The average molecular weight is 392 g/mol. The lowest BCUT2D eigenvalue weighted by atomic mass is 10.1. The van der Waals surface area contributed by atoms with E-state index in [1.165, 1.54) is 0 Å². The van der Waals surface area contributed by atoms with Gasteiger partial charge in [-0.25, -0.2) is 4.99 Å². The topological polar surface area (TPSA) is 107 Å². The number of hydrogen-bond acceptors (Lipinski definition) is 6. The number of aryl methyl sites for hydroxylation is 1. The minimum Gasteiger partial charge on any atom is -0.385 e. The van der Waals surface area contributed by atoms with Crippen molar-refractivity contribution in [3.8, 4) is 0 Å². The van der Waals surface area contributed by atoms with Gasteiger partial charge in [-0.1, -0.05) is 30.3 Å². The number of aromatic amines is 1. The molecule has 0 aliphatic carbocycles. The molecular formula is C21H24N6O2. The number of benzene rings is 2. The van der Waals surface area contributed by atoms with Crippen molar-refractivity contribution in [2.24, 2.45) is 4.99 Å². The van der Waals surface area contributed by atoms with E-state index >= 15 is 0 Å². The van der Waals surface area contributed by atoms with Crippen LogP contribution in [0.3, 0.4) is 0 Å². The lowest BCUT2D eigenvalue weighted by molar-refractivity contribution is 0.195. The lowest BCUT2D eigenvalue weighted by Crippen LogP contribution is -2.30. The number of rotatable bonds is 5. The number of fused-ring (bicyclic) bond motifs is 2. The van der Waals surface area contributed by atoms with Gasteiger partial charge in [0.25, 0.3) is 0 Å². The number of aliphatic hydroxyl groups is 1. The predicted octanol–water partition coefficient (Wildman–Crippen LogP) is 3.10. The maximum Gasteiger partial charge on any atom is 0.176 e. The van der Waals surface area contributed by atoms with Crippen molar-refractivity contribution in [1.82, 2.24) is 15.6 Å². The quantitative estimate of drug-likeness (QED) is 0.427. The molecule has 0 saturated carbocycles. The number of nitrogens with zero attached hydrogens (tertiary/aromatic N) is 2. The summed E-state index contributed by atoms with van der Waals surface area (Å²) < 4.78 is 5.10. The van der Waals surface area contributed by atoms with Crippen LogP contribution in [0.5, 0.6) is 0 Å². The van der Waals surface area contributed by atoms with Gasteiger partial charge in [0.15, 0.2) is 17.9 Å². The molecule has 1 aliphatic heterocycles. The van der Waals surface area contributed by atoms with Crippen LogP contribution in [0.2, 0.25) is 0 Å². The normalized spacial score (nSPS) is 17.0. The molecule has 1 atom stereocenters. The Hall–Kier alpha value is -3.36. The van der Waals surface area contributed by atoms with Gasteiger partial charge >= 0.3 is 0 Å². The molecule has 8 nitrogen and oxygen atoms in total. The van der Waals surface area contributed by atoms with E-state index in [1.807, 2.05) is 54.6 Å². The van der Waals surface area contributed by atoms with E-state index < -0.39 is 6.23 Å². The first-order valence-electron chi connectivity index (χ1n) is 9.51. The fraction of sp³-hybridized carbons (Fsp3) is 0.238. The molecule has 1 aliphatic rings. The van der Waals surface area contributed by atoms with E-state index in [0.717, 1.165) is 41.0 Å². The standard InChI is InChI=1S/C21H24N6O2/c1-29-12-6-7-14-13-19(26-24-14)23-20-15-8-2-4-10-17(15)22-21(28)16-9-3-5-11-18(16)25-27-20/h2-5,8-11,13,21-22,25,28H,6-7,12H2,1H3,(H2,23,24,26,27). The molecule has 1 aromatic heterocycles. The van der Waals surface area contributed by atoms with E-state index in [1.54, 1.807) is 7.11 Å². The number of methoxy groups -OCH3 is 1. The van der Waals surface area contributed by atoms with Crippen LogP contribution in [0.4, 0.5) is 17.2 Å². The van der Waals surface area contributed by atoms with Gasteiger partial charge < -0.3 is 15.2 Å². The Labute approximate surface area is 169 Å². The number of amidine groups is 1. The molecule has 0 saturated heterocycles. The van der Waals surface area contributed by atoms with Gasteiger partial charge in [0, 0.05) is 42.3 Å². The Morgan fingerprint density at radius 1 is 1.07 bits per heavy atom. The third-order valence-electron chi connectivity index (χ3n) is 4.68. The second kappa shape index (κ2) is 8.76. The first kappa shape index (κ1) is 19.0. The SMILES string of the molecule is COCCCc1cc(N=C2NNc3ccccc3C(O)Nc3ccccc32)n[nH]1. The summed E-state index contributed by atoms with van der Waals surface area (Å²) in [5.74, 6) is 1.16. The van der Waals surface area contributed by atoms with Gasteiger partial charge in [-0.3, -0.25) is 16.0 Å². The molecule has 3 aromatic rings. The van der Waals surface area contributed by atoms with Gasteiger partial charge in [0.1, 0.15) is 0 Å². The highest BCUT2D eigenvalue weighted by Crippen LogP contribution is 2.28. The summed E-state index contributed by atoms with van der Waals surface area (Å²) in [6.45, 7) is 0.703. The first-order valence-corrected chi connectivity index (χ1v) is 9.51. The summed E-state index contributed by atoms with van der Waals surface area (Å²) in [5, 5.41) is 21.2. The highest BCUT2D eigenvalue weighted by atomic mass is 16.5. The van der Waals surface area contributed by atoms with Crippen LogP contribution >= 0.6 is 0 Å². The van der Waals surface area contributed by atoms with Gasteiger partial charge in [-0.15, -0.1) is 0 Å². The van der Waals surface area contributed by atoms with Crippen molar-refractivity contribution >= 4 is 23.0 Å². The predicted molar refractivity (Wildman–Crippen MR) is 113 cm³/mol. The highest BCUT2D eigenvalue weighted by molar-refractivity contribution is 6.05. The summed E-state index contributed by atoms with van der Waals surface area (Å²) in [4.78, 5) is 4.70. The number of H-pyrrole nitrogens is 1. The number of aromatic nitrogens is 2. The van der Waals surface area contributed by atoms with Crippen molar-refractivity contribution in [2.45, 2.75) is 19.1 Å². The van der Waals surface area contributed by atoms with Crippen LogP contribution in [-0.2, 0) is 11.2 Å². The first-order chi connectivity index (χ1) is 14.2. The Morgan fingerprint density at radius 3 is 2.72 bits per heavy atom. The zero-order valence-corrected chi connectivity index (χ0v) is 16.1. The smallest absolute Gasteiger partial charge is 0.176 e. The van der Waals surface area contributed by atoms with Crippen LogP contribution in [0.15, 0.2) is 59.6 Å². The number of ether oxygens (including phenoxy) is 1. The molecule has 0 spiro atoms. The number of aliphatic hydroxyl groups excluding tert-OH is 1. The molecular weight excluding hydrogens is 368 g/mol. The van der Waals surface area contributed by atoms with E-state index in [4.69, 9.17) is 9.73 Å². The zero-order valence-electron chi connectivity index (χ0n) is 16.1. The number of para-hydroxylation sites is 2. The van der Waals surface area contributed by atoms with Crippen LogP contribution in [0, 0.1) is 0 Å². The molecule has 8 heteroatoms. The lowest BCUT2D eigenvalue weighted by Gasteiger charge is -2.17. The molecule has 0 bridgehead atoms. The molecule has 0 fully saturated rings. The van der Waals surface area contributed by atoms with Crippen molar-refractivity contribution in [2.75, 3.05) is 24.5 Å². The average Bonchev–Trinajstić information content (AvgIpc) is 3.20. The van der Waals surface area contributed by atoms with Crippen molar-refractivity contribution in [3.05, 3.63) is 71.4 Å². The summed E-state index contributed by atoms with van der Waals surface area (Å²) in [7, 11) is 1.70. The number of hydrogen-bond donors (Lipinski definition) is 5. The van der Waals surface area contributed by atoms with Gasteiger partial charge in [-0.2, -0.15) is 5.10 Å². The molecule has 29 heavy (non-hydrogen) atoms. The molecule has 150 valence electrons. The maximum absolute atomic E-state index is 10.7. The zero-order chi connectivity index (χ0) is 20.1. The van der Waals surface area contributed by atoms with E-state index in [-0.39, 0.29) is 0 Å². The minimum atomic E-state index is -0.862. The van der Waals surface area contributed by atoms with E-state index in [2.05, 4.69) is 26.4 Å². The molecule has 2 aromatic carbocycles. The third kappa shape index (κ3) is 4.39. The van der Waals surface area contributed by atoms with Crippen LogP contribution in [-0.4, -0.2) is 34.9 Å². The Morgan fingerprint density at radius 2 is 1.86 bits per heavy atom. The molecule has 5 N–H and O–H groups in total. The number of nitrogens with one attached hydrogen (secondary N) is 4. The van der Waals surface area contributed by atoms with Gasteiger partial charge in [0.05, 0.1) is 5.69 Å². The number of anilines is 2. The fourth-order valence-corrected chi connectivity index (χ4v) is 3.23. The van der Waals surface area contributed by atoms with E-state index in [9.17, 15) is 5.11 Å². The van der Waals surface area contributed by atoms with Crippen LogP contribution in [0.1, 0.15) is 29.5 Å². The summed E-state index contributed by atoms with van der Waals surface area (Å²) >= 11 is 0. The molecule has 0 amide bonds. The Kier molecular flexibility index (Phi) is 5.73. The van der Waals surface area contributed by atoms with E-state index in [0.29, 0.717) is 18.3 Å². The number of aliphatic imine (C=N–C) groups is 1. The molecule has 4 rings (SSSR count). The monoisotopic (exact) mass is 392 g/mol. The van der Waals surface area contributed by atoms with Gasteiger partial charge in [0.2, 0.25) is 0 Å². The van der Waals surface area contributed by atoms with Gasteiger partial charge in [-0.05, 0) is 31.0 Å². The molecule has 0 radical (unpaired) electrons. The molecule has 1 unspecified atom stereocenters. The maximum atomic E-state index is 10.7. The van der Waals surface area contributed by atoms with Crippen LogP contribution in [0.25, 0.3) is 0 Å².